The predicted molar refractivity (Wildman–Crippen MR) is 135 cm³/mol. The summed E-state index contributed by atoms with van der Waals surface area (Å²) in [6, 6.07) is 23.0. The van der Waals surface area contributed by atoms with Crippen molar-refractivity contribution in [3.05, 3.63) is 95.7 Å². The Kier molecular flexibility index (Phi) is 3.77. The van der Waals surface area contributed by atoms with E-state index in [2.05, 4.69) is 113 Å². The van der Waals surface area contributed by atoms with Gasteiger partial charge in [0.2, 0.25) is 5.69 Å². The first kappa shape index (κ1) is 19.5. The van der Waals surface area contributed by atoms with Gasteiger partial charge in [-0.1, -0.05) is 77.1 Å². The van der Waals surface area contributed by atoms with Crippen LogP contribution in [0.15, 0.2) is 73.4 Å². The third kappa shape index (κ3) is 2.54. The number of pyridine rings is 1. The Balaban J connectivity index is 1.65. The fourth-order valence-electron chi connectivity index (χ4n) is 5.83. The topological polar surface area (TPSA) is 3.88 Å². The summed E-state index contributed by atoms with van der Waals surface area (Å²) in [6.07, 6.45) is 3.10. The molecule has 1 aliphatic carbocycles. The molecule has 0 amide bonds. The molecule has 0 atom stereocenters. The molecule has 2 aliphatic rings. The first-order valence-electron chi connectivity index (χ1n) is 11.6. The molecule has 0 saturated heterocycles. The summed E-state index contributed by atoms with van der Waals surface area (Å²) in [6.45, 7) is 16.0. The second-order valence-electron chi connectivity index (χ2n) is 11.1. The molecule has 0 radical (unpaired) electrons. The lowest BCUT2D eigenvalue weighted by Crippen LogP contribution is -2.39. The van der Waals surface area contributed by atoms with Crippen molar-refractivity contribution in [2.45, 2.75) is 51.9 Å². The Morgan fingerprint density at radius 1 is 0.875 bits per heavy atom. The van der Waals surface area contributed by atoms with E-state index in [1.165, 1.54) is 55.4 Å². The molecule has 32 heavy (non-hydrogen) atoms. The van der Waals surface area contributed by atoms with Crippen molar-refractivity contribution in [1.29, 1.82) is 0 Å². The molecule has 1 heteroatoms. The van der Waals surface area contributed by atoms with E-state index in [1.807, 2.05) is 0 Å². The number of rotatable bonds is 0. The Labute approximate surface area is 191 Å². The molecule has 4 aromatic rings. The van der Waals surface area contributed by atoms with Crippen LogP contribution >= 0.6 is 0 Å². The summed E-state index contributed by atoms with van der Waals surface area (Å²) >= 11 is 0. The lowest BCUT2D eigenvalue weighted by atomic mass is 9.78. The van der Waals surface area contributed by atoms with Crippen molar-refractivity contribution >= 4 is 16.5 Å². The summed E-state index contributed by atoms with van der Waals surface area (Å²) < 4.78 is 2.28. The highest BCUT2D eigenvalue weighted by Gasteiger charge is 2.39. The maximum Gasteiger partial charge on any atom is 0.218 e. The van der Waals surface area contributed by atoms with Crippen molar-refractivity contribution in [1.82, 2.24) is 0 Å². The predicted octanol–water partition coefficient (Wildman–Crippen LogP) is 7.42. The smallest absolute Gasteiger partial charge is 0.164 e. The monoisotopic (exact) mass is 416 g/mol. The zero-order valence-electron chi connectivity index (χ0n) is 19.7. The molecule has 0 fully saturated rings. The molecule has 158 valence electrons. The maximum atomic E-state index is 4.42. The van der Waals surface area contributed by atoms with Gasteiger partial charge in [0, 0.05) is 17.5 Å². The second-order valence-corrected chi connectivity index (χ2v) is 11.1. The standard InChI is InChI=1S/C31H30N/c1-19-15-21-16-27-26(18-25(21)28-17-22(30(2,3)4)13-14-32(19)28)24-12-11-20-9-7-8-10-23(20)29(24)31(27,5)6/h7-14,16-18H,1,15H2,2-6H3/q+1. The van der Waals surface area contributed by atoms with Crippen molar-refractivity contribution < 1.29 is 4.57 Å². The van der Waals surface area contributed by atoms with E-state index in [0.29, 0.717) is 0 Å². The largest absolute Gasteiger partial charge is 0.218 e. The highest BCUT2D eigenvalue weighted by molar-refractivity contribution is 5.98. The Morgan fingerprint density at radius 3 is 2.44 bits per heavy atom. The zero-order valence-corrected chi connectivity index (χ0v) is 19.7. The van der Waals surface area contributed by atoms with Gasteiger partial charge in [-0.15, -0.1) is 0 Å². The molecule has 0 spiro atoms. The normalized spacial score (nSPS) is 15.8. The van der Waals surface area contributed by atoms with Gasteiger partial charge in [0.05, 0.1) is 12.0 Å². The first-order valence-corrected chi connectivity index (χ1v) is 11.6. The number of fused-ring (bicyclic) bond motifs is 8. The van der Waals surface area contributed by atoms with Crippen LogP contribution in [0.1, 0.15) is 56.9 Å². The Bertz CT molecular complexity index is 1460. The minimum atomic E-state index is -0.0252. The Morgan fingerprint density at radius 2 is 1.66 bits per heavy atom. The van der Waals surface area contributed by atoms with Crippen LogP contribution in [0.5, 0.6) is 0 Å². The molecule has 1 aliphatic heterocycles. The quantitative estimate of drug-likeness (QED) is 0.263. The fraction of sp³-hybridized carbons (Fsp3) is 0.258. The summed E-state index contributed by atoms with van der Waals surface area (Å²) in [4.78, 5) is 0. The van der Waals surface area contributed by atoms with E-state index in [1.54, 1.807) is 0 Å². The highest BCUT2D eigenvalue weighted by Crippen LogP contribution is 2.53. The highest BCUT2D eigenvalue weighted by atomic mass is 15.0. The second kappa shape index (κ2) is 6.19. The van der Waals surface area contributed by atoms with Crippen LogP contribution in [0.3, 0.4) is 0 Å². The van der Waals surface area contributed by atoms with Gasteiger partial charge < -0.3 is 0 Å². The van der Waals surface area contributed by atoms with E-state index in [4.69, 9.17) is 0 Å². The minimum absolute atomic E-state index is 0.0252. The van der Waals surface area contributed by atoms with Crippen LogP contribution in [0, 0.1) is 0 Å². The van der Waals surface area contributed by atoms with Crippen molar-refractivity contribution in [2.24, 2.45) is 0 Å². The van der Waals surface area contributed by atoms with E-state index in [0.717, 1.165) is 12.1 Å². The molecule has 0 bridgehead atoms. The van der Waals surface area contributed by atoms with Gasteiger partial charge in [-0.05, 0) is 62.2 Å². The average molecular weight is 417 g/mol. The summed E-state index contributed by atoms with van der Waals surface area (Å²) in [5, 5.41) is 2.69. The number of benzene rings is 3. The van der Waals surface area contributed by atoms with E-state index >= 15 is 0 Å². The van der Waals surface area contributed by atoms with Crippen molar-refractivity contribution in [2.75, 3.05) is 0 Å². The van der Waals surface area contributed by atoms with E-state index < -0.39 is 0 Å². The summed E-state index contributed by atoms with van der Waals surface area (Å²) in [5.41, 5.74) is 12.3. The molecule has 3 aromatic carbocycles. The number of hydrogen-bond acceptors (Lipinski definition) is 0. The number of hydrogen-bond donors (Lipinski definition) is 0. The molecule has 0 saturated carbocycles. The lowest BCUT2D eigenvalue weighted by Gasteiger charge is -2.25. The summed E-state index contributed by atoms with van der Waals surface area (Å²) in [5.74, 6) is 0. The third-order valence-corrected chi connectivity index (χ3v) is 7.59. The van der Waals surface area contributed by atoms with Crippen LogP contribution in [0.4, 0.5) is 0 Å². The SMILES string of the molecule is C=C1Cc2cc3c(cc2-c2cc(C(C)(C)C)cc[n+]21)-c1ccc2ccccc2c1C3(C)C. The van der Waals surface area contributed by atoms with Crippen LogP contribution in [0.2, 0.25) is 0 Å². The van der Waals surface area contributed by atoms with Crippen LogP contribution < -0.4 is 4.57 Å². The van der Waals surface area contributed by atoms with Gasteiger partial charge in [-0.2, -0.15) is 4.57 Å². The summed E-state index contributed by atoms with van der Waals surface area (Å²) in [7, 11) is 0. The molecular formula is C31H30N+. The molecule has 2 heterocycles. The number of aromatic nitrogens is 1. The molecule has 0 unspecified atom stereocenters. The van der Waals surface area contributed by atoms with E-state index in [-0.39, 0.29) is 10.8 Å². The molecule has 1 aromatic heterocycles. The molecule has 6 rings (SSSR count). The fourth-order valence-corrected chi connectivity index (χ4v) is 5.83. The lowest BCUT2D eigenvalue weighted by molar-refractivity contribution is -0.572. The van der Waals surface area contributed by atoms with E-state index in [9.17, 15) is 0 Å². The number of allylic oxidation sites excluding steroid dienone is 1. The third-order valence-electron chi connectivity index (χ3n) is 7.59. The first-order chi connectivity index (χ1) is 15.2. The van der Waals surface area contributed by atoms with Gasteiger partial charge in [-0.25, -0.2) is 0 Å². The van der Waals surface area contributed by atoms with Gasteiger partial charge in [0.15, 0.2) is 11.9 Å². The van der Waals surface area contributed by atoms with Gasteiger partial charge >= 0.3 is 0 Å². The van der Waals surface area contributed by atoms with Crippen LogP contribution in [-0.2, 0) is 17.3 Å². The number of nitrogens with zero attached hydrogens (tertiary/aromatic N) is 1. The van der Waals surface area contributed by atoms with Crippen molar-refractivity contribution in [3.8, 4) is 22.4 Å². The Hall–Kier alpha value is -3.19. The molecule has 1 nitrogen and oxygen atoms in total. The van der Waals surface area contributed by atoms with Gasteiger partial charge in [0.1, 0.15) is 0 Å². The maximum absolute atomic E-state index is 4.42. The average Bonchev–Trinajstić information content (AvgIpc) is 2.98. The van der Waals surface area contributed by atoms with Gasteiger partial charge in [-0.3, -0.25) is 0 Å². The van der Waals surface area contributed by atoms with Crippen LogP contribution in [0.25, 0.3) is 38.9 Å². The van der Waals surface area contributed by atoms with Crippen molar-refractivity contribution in [3.63, 3.8) is 0 Å². The zero-order chi connectivity index (χ0) is 22.4. The van der Waals surface area contributed by atoms with Gasteiger partial charge in [0.25, 0.3) is 0 Å². The van der Waals surface area contributed by atoms with Crippen LogP contribution in [-0.4, -0.2) is 0 Å². The minimum Gasteiger partial charge on any atom is -0.164 e. The molecular weight excluding hydrogens is 386 g/mol. The molecule has 0 N–H and O–H groups in total.